The van der Waals surface area contributed by atoms with Gasteiger partial charge in [-0.15, -0.1) is 0 Å². The van der Waals surface area contributed by atoms with Gasteiger partial charge >= 0.3 is 11.7 Å². The number of amides is 6. The van der Waals surface area contributed by atoms with Crippen molar-refractivity contribution in [3.05, 3.63) is 51.6 Å². The highest BCUT2D eigenvalue weighted by atomic mass is 16.6. The molecule has 9 N–H and O–H groups in total. The van der Waals surface area contributed by atoms with Gasteiger partial charge < -0.3 is 51.9 Å². The molecule has 4 bridgehead atoms. The lowest BCUT2D eigenvalue weighted by molar-refractivity contribution is -0.385. The van der Waals surface area contributed by atoms with Crippen LogP contribution in [0.4, 0.5) is 5.69 Å². The molecule has 0 aromatic heterocycles. The Balaban J connectivity index is 1.61. The Morgan fingerprint density at radius 3 is 2.00 bits per heavy atom. The first kappa shape index (κ1) is 54.0. The molecule has 2 aromatic rings. The summed E-state index contributed by atoms with van der Waals surface area (Å²) in [5.41, 5.74) is -1.44. The smallest absolute Gasteiger partial charge is 0.326 e. The van der Waals surface area contributed by atoms with Crippen molar-refractivity contribution in [3.63, 3.8) is 0 Å². The summed E-state index contributed by atoms with van der Waals surface area (Å²) in [5.74, 6) is -7.83. The van der Waals surface area contributed by atoms with Crippen LogP contribution in [-0.2, 0) is 40.0 Å². The molecule has 0 unspecified atom stereocenters. The van der Waals surface area contributed by atoms with Crippen molar-refractivity contribution in [2.75, 3.05) is 20.2 Å². The number of unbranched alkanes of at least 4 members (excludes halogenated alkanes) is 13. The number of likely N-dealkylation sites (N-methyl/N-ethyl adjacent to an activating group) is 1. The topological polar surface area (TPSA) is 307 Å². The molecule has 0 spiro atoms. The highest BCUT2D eigenvalue weighted by molar-refractivity contribution is 5.96. The number of nitrogens with one attached hydrogen (secondary N) is 5. The zero-order valence-corrected chi connectivity index (χ0v) is 38.4. The van der Waals surface area contributed by atoms with Gasteiger partial charge in [-0.2, -0.15) is 0 Å². The van der Waals surface area contributed by atoms with Crippen molar-refractivity contribution in [2.45, 2.75) is 154 Å². The van der Waals surface area contributed by atoms with Crippen LogP contribution in [0.3, 0.4) is 0 Å². The molecule has 5 atom stereocenters. The number of nitro groups is 1. The molecule has 20 heteroatoms. The molecular formula is C46H67N7O13. The van der Waals surface area contributed by atoms with Crippen molar-refractivity contribution >= 4 is 47.1 Å². The van der Waals surface area contributed by atoms with Crippen molar-refractivity contribution in [3.8, 4) is 22.6 Å². The number of hydrogen-bond donors (Lipinski definition) is 9. The van der Waals surface area contributed by atoms with Crippen LogP contribution in [0.5, 0.6) is 11.5 Å². The minimum Gasteiger partial charge on any atom is -0.507 e. The Kier molecular flexibility index (Phi) is 22.3. The van der Waals surface area contributed by atoms with Crippen molar-refractivity contribution in [1.29, 1.82) is 0 Å². The molecule has 0 aliphatic carbocycles. The van der Waals surface area contributed by atoms with Gasteiger partial charge in [0.25, 0.3) is 0 Å². The Hall–Kier alpha value is -6.31. The minimum absolute atomic E-state index is 0.00504. The van der Waals surface area contributed by atoms with Crippen LogP contribution in [0.1, 0.15) is 134 Å². The van der Waals surface area contributed by atoms with Gasteiger partial charge in [-0.3, -0.25) is 38.9 Å². The number of carboxylic acids is 1. The third kappa shape index (κ3) is 16.6. The lowest BCUT2D eigenvalue weighted by atomic mass is 9.93. The number of hydrogen-bond acceptors (Lipinski definition) is 12. The van der Waals surface area contributed by atoms with E-state index in [1.54, 1.807) is 0 Å². The Labute approximate surface area is 384 Å². The molecule has 1 aliphatic heterocycles. The Bertz CT molecular complexity index is 2030. The van der Waals surface area contributed by atoms with Crippen LogP contribution in [-0.4, -0.2) is 116 Å². The summed E-state index contributed by atoms with van der Waals surface area (Å²) in [6, 6.07) is -1.66. The second kappa shape index (κ2) is 27.2. The minimum atomic E-state index is -1.66. The van der Waals surface area contributed by atoms with Crippen molar-refractivity contribution in [2.24, 2.45) is 0 Å². The number of benzene rings is 2. The van der Waals surface area contributed by atoms with E-state index in [0.29, 0.717) is 6.42 Å². The van der Waals surface area contributed by atoms with E-state index in [9.17, 15) is 64.1 Å². The maximum absolute atomic E-state index is 13.7. The van der Waals surface area contributed by atoms with Gasteiger partial charge in [0.1, 0.15) is 36.0 Å². The fourth-order valence-corrected chi connectivity index (χ4v) is 7.59. The second-order valence-electron chi connectivity index (χ2n) is 16.9. The number of carbonyl (C=O) groups is 7. The summed E-state index contributed by atoms with van der Waals surface area (Å²) < 4.78 is 0. The number of carbonyl (C=O) groups excluding carboxylic acids is 6. The molecule has 66 heavy (non-hydrogen) atoms. The number of nitrogens with zero attached hydrogens (tertiary/aromatic N) is 2. The second-order valence-corrected chi connectivity index (χ2v) is 16.9. The van der Waals surface area contributed by atoms with E-state index < -0.39 is 107 Å². The third-order valence-electron chi connectivity index (χ3n) is 11.6. The van der Waals surface area contributed by atoms with E-state index in [1.807, 2.05) is 0 Å². The number of phenolic OH excluding ortho intramolecular Hbond substituents is 2. The Morgan fingerprint density at radius 1 is 0.848 bits per heavy atom. The standard InChI is InChI=1S/C46H67N7O13/c1-5-6-7-8-9-10-11-12-13-14-15-16-17-18-19-39(57)52(4)36(27-54)44(61)48-28(2)42(59)47-26-38(56)51-40-31-20-21-37(55)32(25-31)33-22-30(24-35(41(33)58)53(65)66)23-34(46(63)64)50-43(60)29(3)49-45(40)62/h20-22,24-25,28-29,34,36,40,54-55,58H,5-19,23,26-27H2,1-4H3,(H,47,59)(H,48,61)(H,49,62)(H,50,60)(H,51,56)(H,63,64)/t28-,29+,34+,36-,40+/m1/s1. The predicted molar refractivity (Wildman–Crippen MR) is 243 cm³/mol. The average Bonchev–Trinajstić information content (AvgIpc) is 3.27. The van der Waals surface area contributed by atoms with E-state index in [-0.39, 0.29) is 34.6 Å². The van der Waals surface area contributed by atoms with Gasteiger partial charge in [0.05, 0.1) is 18.1 Å². The first-order valence-electron chi connectivity index (χ1n) is 22.8. The van der Waals surface area contributed by atoms with Gasteiger partial charge in [0, 0.05) is 37.1 Å². The first-order chi connectivity index (χ1) is 31.4. The Morgan fingerprint density at radius 2 is 1.44 bits per heavy atom. The van der Waals surface area contributed by atoms with Gasteiger partial charge in [0.2, 0.25) is 41.2 Å². The molecule has 3 rings (SSSR count). The summed E-state index contributed by atoms with van der Waals surface area (Å²) in [7, 11) is 1.39. The molecule has 1 aliphatic rings. The summed E-state index contributed by atoms with van der Waals surface area (Å²) >= 11 is 0. The van der Waals surface area contributed by atoms with E-state index >= 15 is 0 Å². The van der Waals surface area contributed by atoms with Crippen LogP contribution < -0.4 is 26.6 Å². The molecule has 6 amide bonds. The monoisotopic (exact) mass is 925 g/mol. The molecule has 2 aromatic carbocycles. The van der Waals surface area contributed by atoms with Gasteiger partial charge in [-0.05, 0) is 49.6 Å². The summed E-state index contributed by atoms with van der Waals surface area (Å²) in [4.78, 5) is 103. The van der Waals surface area contributed by atoms with Crippen LogP contribution in [0.25, 0.3) is 11.1 Å². The molecule has 364 valence electrons. The number of aromatic hydroxyl groups is 2. The fraction of sp³-hybridized carbons (Fsp3) is 0.587. The molecule has 0 radical (unpaired) electrons. The van der Waals surface area contributed by atoms with Gasteiger partial charge in [-0.1, -0.05) is 96.5 Å². The number of fused-ring (bicyclic) bond motifs is 5. The third-order valence-corrected chi connectivity index (χ3v) is 11.6. The van der Waals surface area contributed by atoms with Crippen molar-refractivity contribution in [1.82, 2.24) is 31.5 Å². The molecule has 0 fully saturated rings. The lowest BCUT2D eigenvalue weighted by Gasteiger charge is -2.27. The highest BCUT2D eigenvalue weighted by Gasteiger charge is 2.33. The van der Waals surface area contributed by atoms with Gasteiger partial charge in [-0.25, -0.2) is 4.79 Å². The van der Waals surface area contributed by atoms with Crippen molar-refractivity contribution < 1.29 is 58.9 Å². The average molecular weight is 926 g/mol. The molecule has 0 saturated heterocycles. The van der Waals surface area contributed by atoms with E-state index in [0.717, 1.165) is 48.8 Å². The first-order valence-corrected chi connectivity index (χ1v) is 22.8. The van der Waals surface area contributed by atoms with Crippen LogP contribution in [0.15, 0.2) is 30.3 Å². The maximum Gasteiger partial charge on any atom is 0.326 e. The summed E-state index contributed by atoms with van der Waals surface area (Å²) in [6.45, 7) is 3.31. The fourth-order valence-electron chi connectivity index (χ4n) is 7.59. The number of nitro benzene ring substituents is 1. The maximum atomic E-state index is 13.7. The molecule has 0 saturated carbocycles. The summed E-state index contributed by atoms with van der Waals surface area (Å²) in [6.07, 6.45) is 16.0. The van der Waals surface area contributed by atoms with Gasteiger partial charge in [0.15, 0.2) is 0 Å². The quantitative estimate of drug-likeness (QED) is 0.0390. The number of phenols is 2. The predicted octanol–water partition coefficient (Wildman–Crippen LogP) is 3.77. The molecule has 1 heterocycles. The number of aliphatic hydroxyl groups is 1. The molecular weight excluding hydrogens is 859 g/mol. The number of aliphatic carboxylic acids is 1. The zero-order chi connectivity index (χ0) is 48.9. The normalized spacial score (nSPS) is 17.0. The number of rotatable bonds is 25. The van der Waals surface area contributed by atoms with Crippen LogP contribution >= 0.6 is 0 Å². The highest BCUT2D eigenvalue weighted by Crippen LogP contribution is 2.43. The summed E-state index contributed by atoms with van der Waals surface area (Å²) in [5, 5.41) is 65.4. The largest absolute Gasteiger partial charge is 0.507 e. The SMILES string of the molecule is CCCCCCCCCCCCCCCCC(=O)N(C)[C@H](CO)C(=O)N[C@H](C)C(=O)NCC(=O)N[C@@H]1C(=O)N[C@@H](C)C(=O)N[C@H](C(=O)O)Cc2cc(c(O)c([N+](=O)[O-])c2)-c2cc1ccc2O. The number of carboxylic acid groups (broad SMARTS) is 1. The molecule has 20 nitrogen and oxygen atoms in total. The van der Waals surface area contributed by atoms with E-state index in [1.165, 1.54) is 90.8 Å². The lowest BCUT2D eigenvalue weighted by Crippen LogP contribution is -2.55. The zero-order valence-electron chi connectivity index (χ0n) is 38.4. The van der Waals surface area contributed by atoms with Crippen LogP contribution in [0, 0.1) is 10.1 Å². The van der Waals surface area contributed by atoms with Crippen LogP contribution in [0.2, 0.25) is 0 Å². The van der Waals surface area contributed by atoms with E-state index in [2.05, 4.69) is 33.5 Å². The van der Waals surface area contributed by atoms with E-state index in [4.69, 9.17) is 0 Å². The number of aliphatic hydroxyl groups excluding tert-OH is 1.